The van der Waals surface area contributed by atoms with Crippen LogP contribution >= 0.6 is 0 Å². The molecule has 0 bridgehead atoms. The zero-order chi connectivity index (χ0) is 27.6. The van der Waals surface area contributed by atoms with E-state index in [1.54, 1.807) is 20.8 Å². The van der Waals surface area contributed by atoms with Crippen LogP contribution in [-0.4, -0.2) is 34.5 Å². The smallest absolute Gasteiger partial charge is 0.408 e. The van der Waals surface area contributed by atoms with Gasteiger partial charge in [-0.05, 0) is 49.8 Å². The lowest BCUT2D eigenvalue weighted by molar-refractivity contribution is -0.139. The van der Waals surface area contributed by atoms with Crippen LogP contribution in [0.2, 0.25) is 0 Å². The molecule has 198 valence electrons. The Labute approximate surface area is 221 Å². The van der Waals surface area contributed by atoms with Crippen molar-refractivity contribution in [3.05, 3.63) is 71.3 Å². The minimum atomic E-state index is -1.08. The molecule has 2 N–H and O–H groups in total. The molecule has 0 aliphatic carbocycles. The molecule has 0 aliphatic rings. The number of hydrogen-bond acceptors (Lipinski definition) is 4. The number of nitrogens with zero attached hydrogens (tertiary/aromatic N) is 1. The number of rotatable bonds is 10. The van der Waals surface area contributed by atoms with Gasteiger partial charge in [0.25, 0.3) is 5.91 Å². The molecule has 0 aromatic heterocycles. The summed E-state index contributed by atoms with van der Waals surface area (Å²) in [5.74, 6) is -1.23. The molecule has 7 nitrogen and oxygen atoms in total. The number of alkyl carbamates (subject to hydrolysis) is 1. The molecule has 3 unspecified atom stereocenters. The number of amides is 3. The SMILES string of the molecule is C#CN(C(=O)C(NC(=O)OC(C)(C)C)C(C)CC)C(C(=O)NCc1ccccc1)c1ccc(CC)cc1. The molecule has 0 heterocycles. The summed E-state index contributed by atoms with van der Waals surface area (Å²) >= 11 is 0. The van der Waals surface area contributed by atoms with Crippen LogP contribution in [-0.2, 0) is 27.3 Å². The summed E-state index contributed by atoms with van der Waals surface area (Å²) in [4.78, 5) is 41.0. The Bertz CT molecular complexity index is 1080. The molecule has 7 heteroatoms. The van der Waals surface area contributed by atoms with Gasteiger partial charge in [0, 0.05) is 12.6 Å². The van der Waals surface area contributed by atoms with Crippen molar-refractivity contribution in [2.24, 2.45) is 5.92 Å². The van der Waals surface area contributed by atoms with E-state index in [0.717, 1.165) is 22.4 Å². The largest absolute Gasteiger partial charge is 0.444 e. The monoisotopic (exact) mass is 505 g/mol. The molecule has 3 atom stereocenters. The van der Waals surface area contributed by atoms with Crippen LogP contribution in [0.4, 0.5) is 4.79 Å². The summed E-state index contributed by atoms with van der Waals surface area (Å²) in [5.41, 5.74) is 1.85. The molecule has 0 aliphatic heterocycles. The van der Waals surface area contributed by atoms with E-state index in [1.807, 2.05) is 75.4 Å². The Hall–Kier alpha value is -3.79. The van der Waals surface area contributed by atoms with Gasteiger partial charge in [-0.15, -0.1) is 0 Å². The van der Waals surface area contributed by atoms with Gasteiger partial charge in [0.05, 0.1) is 0 Å². The normalized spacial score (nSPS) is 13.4. The average Bonchev–Trinajstić information content (AvgIpc) is 2.87. The van der Waals surface area contributed by atoms with Crippen LogP contribution in [0.3, 0.4) is 0 Å². The number of carbonyl (C=O) groups excluding carboxylic acids is 3. The molecule has 37 heavy (non-hydrogen) atoms. The summed E-state index contributed by atoms with van der Waals surface area (Å²) in [6, 6.07) is 17.3. The van der Waals surface area contributed by atoms with Gasteiger partial charge in [0.15, 0.2) is 0 Å². The zero-order valence-electron chi connectivity index (χ0n) is 22.7. The van der Waals surface area contributed by atoms with Gasteiger partial charge in [-0.3, -0.25) is 14.5 Å². The van der Waals surface area contributed by atoms with Gasteiger partial charge in [-0.1, -0.05) is 88.2 Å². The molecule has 0 saturated heterocycles. The number of benzene rings is 2. The molecular formula is C30H39N3O4. The van der Waals surface area contributed by atoms with Gasteiger partial charge in [0.2, 0.25) is 5.91 Å². The second kappa shape index (κ2) is 13.5. The predicted octanol–water partition coefficient (Wildman–Crippen LogP) is 4.97. The number of ether oxygens (including phenoxy) is 1. The second-order valence-electron chi connectivity index (χ2n) is 10.0. The highest BCUT2D eigenvalue weighted by Gasteiger charge is 2.37. The summed E-state index contributed by atoms with van der Waals surface area (Å²) in [6.45, 7) is 11.3. The third-order valence-electron chi connectivity index (χ3n) is 6.05. The molecule has 2 rings (SSSR count). The Morgan fingerprint density at radius 2 is 1.62 bits per heavy atom. The first kappa shape index (κ1) is 29.4. The van der Waals surface area contributed by atoms with E-state index < -0.39 is 35.6 Å². The zero-order valence-corrected chi connectivity index (χ0v) is 22.7. The van der Waals surface area contributed by atoms with Gasteiger partial charge in [-0.25, -0.2) is 4.79 Å². The van der Waals surface area contributed by atoms with Crippen molar-refractivity contribution >= 4 is 17.9 Å². The number of nitrogens with one attached hydrogen (secondary N) is 2. The van der Waals surface area contributed by atoms with Crippen molar-refractivity contribution in [3.63, 3.8) is 0 Å². The van der Waals surface area contributed by atoms with Crippen molar-refractivity contribution < 1.29 is 19.1 Å². The van der Waals surface area contributed by atoms with E-state index in [0.29, 0.717) is 12.0 Å². The molecular weight excluding hydrogens is 466 g/mol. The third kappa shape index (κ3) is 8.68. The number of hydrogen-bond donors (Lipinski definition) is 2. The van der Waals surface area contributed by atoms with Crippen LogP contribution in [0.15, 0.2) is 54.6 Å². The highest BCUT2D eigenvalue weighted by atomic mass is 16.6. The standard InChI is InChI=1S/C30H39N3O4/c1-8-21(4)25(32-29(36)37-30(5,6)7)28(35)33(10-3)26(24-18-16-22(9-2)17-19-24)27(34)31-20-23-14-12-11-13-15-23/h3,11-19,21,25-26H,8-9,20H2,1-2,4-7H3,(H,31,34)(H,32,36). The van der Waals surface area contributed by atoms with Crippen molar-refractivity contribution in [2.45, 2.75) is 78.6 Å². The van der Waals surface area contributed by atoms with E-state index in [2.05, 4.69) is 16.7 Å². The maximum absolute atomic E-state index is 13.8. The van der Waals surface area contributed by atoms with Gasteiger partial charge in [-0.2, -0.15) is 0 Å². The third-order valence-corrected chi connectivity index (χ3v) is 6.05. The summed E-state index contributed by atoms with van der Waals surface area (Å²) in [6.07, 6.45) is 6.56. The fraction of sp³-hybridized carbons (Fsp3) is 0.433. The number of aryl methyl sites for hydroxylation is 1. The maximum Gasteiger partial charge on any atom is 0.408 e. The highest BCUT2D eigenvalue weighted by molar-refractivity contribution is 5.93. The second-order valence-corrected chi connectivity index (χ2v) is 10.0. The highest BCUT2D eigenvalue weighted by Crippen LogP contribution is 2.25. The van der Waals surface area contributed by atoms with Crippen molar-refractivity contribution in [2.75, 3.05) is 0 Å². The van der Waals surface area contributed by atoms with Gasteiger partial charge < -0.3 is 15.4 Å². The molecule has 2 aromatic carbocycles. The van der Waals surface area contributed by atoms with Crippen molar-refractivity contribution in [1.82, 2.24) is 15.5 Å². The Kier molecular flexibility index (Phi) is 10.7. The van der Waals surface area contributed by atoms with Crippen molar-refractivity contribution in [1.29, 1.82) is 0 Å². The van der Waals surface area contributed by atoms with E-state index in [9.17, 15) is 14.4 Å². The molecule has 0 saturated carbocycles. The van der Waals surface area contributed by atoms with Crippen molar-refractivity contribution in [3.8, 4) is 12.5 Å². The molecule has 0 spiro atoms. The minimum absolute atomic E-state index is 0.258. The van der Waals surface area contributed by atoms with E-state index >= 15 is 0 Å². The van der Waals surface area contributed by atoms with Crippen LogP contribution in [0, 0.1) is 18.4 Å². The van der Waals surface area contributed by atoms with Crippen LogP contribution < -0.4 is 10.6 Å². The first-order valence-corrected chi connectivity index (χ1v) is 12.7. The van der Waals surface area contributed by atoms with E-state index in [-0.39, 0.29) is 12.5 Å². The number of carbonyl (C=O) groups is 3. The Balaban J connectivity index is 2.41. The summed E-state index contributed by atoms with van der Waals surface area (Å²) in [5, 5.41) is 5.59. The van der Waals surface area contributed by atoms with Crippen LogP contribution in [0.5, 0.6) is 0 Å². The minimum Gasteiger partial charge on any atom is -0.444 e. The molecule has 2 aromatic rings. The van der Waals surface area contributed by atoms with Crippen LogP contribution in [0.1, 0.15) is 70.7 Å². The summed E-state index contributed by atoms with van der Waals surface area (Å²) in [7, 11) is 0. The van der Waals surface area contributed by atoms with E-state index in [4.69, 9.17) is 11.2 Å². The Morgan fingerprint density at radius 1 is 1.00 bits per heavy atom. The van der Waals surface area contributed by atoms with E-state index in [1.165, 1.54) is 0 Å². The average molecular weight is 506 g/mol. The fourth-order valence-electron chi connectivity index (χ4n) is 3.77. The lowest BCUT2D eigenvalue weighted by Gasteiger charge is -2.32. The Morgan fingerprint density at radius 3 is 2.14 bits per heavy atom. The first-order valence-electron chi connectivity index (χ1n) is 12.7. The predicted molar refractivity (Wildman–Crippen MR) is 145 cm³/mol. The molecule has 3 amide bonds. The summed E-state index contributed by atoms with van der Waals surface area (Å²) < 4.78 is 5.38. The fourth-order valence-corrected chi connectivity index (χ4v) is 3.77. The number of terminal acetylenes is 1. The quantitative estimate of drug-likeness (QED) is 0.353. The van der Waals surface area contributed by atoms with Crippen LogP contribution in [0.25, 0.3) is 0 Å². The molecule has 0 radical (unpaired) electrons. The first-order chi connectivity index (χ1) is 17.5. The lowest BCUT2D eigenvalue weighted by Crippen LogP contribution is -2.53. The van der Waals surface area contributed by atoms with Gasteiger partial charge >= 0.3 is 6.09 Å². The molecule has 0 fully saturated rings. The topological polar surface area (TPSA) is 87.7 Å². The maximum atomic E-state index is 13.8. The lowest BCUT2D eigenvalue weighted by atomic mass is 9.95. The van der Waals surface area contributed by atoms with Gasteiger partial charge in [0.1, 0.15) is 17.7 Å².